The molecule has 4 rings (SSSR count). The van der Waals surface area contributed by atoms with Crippen molar-refractivity contribution in [3.8, 4) is 11.6 Å². The van der Waals surface area contributed by atoms with E-state index in [2.05, 4.69) is 25.6 Å². The summed E-state index contributed by atoms with van der Waals surface area (Å²) in [5, 5.41) is 10.1. The molecule has 3 amide bonds. The lowest BCUT2D eigenvalue weighted by Crippen LogP contribution is -2.39. The predicted molar refractivity (Wildman–Crippen MR) is 135 cm³/mol. The molecule has 0 radical (unpaired) electrons. The van der Waals surface area contributed by atoms with Gasteiger partial charge in [-0.15, -0.1) is 0 Å². The Morgan fingerprint density at radius 3 is 2.72 bits per heavy atom. The van der Waals surface area contributed by atoms with Gasteiger partial charge in [0.1, 0.15) is 17.9 Å². The molecule has 0 atom stereocenters. The predicted octanol–water partition coefficient (Wildman–Crippen LogP) is 2.74. The molecule has 1 aliphatic rings. The number of rotatable bonds is 8. The van der Waals surface area contributed by atoms with Gasteiger partial charge in [-0.25, -0.2) is 4.79 Å². The number of ether oxygens (including phenoxy) is 3. The van der Waals surface area contributed by atoms with Crippen LogP contribution in [0.3, 0.4) is 0 Å². The Kier molecular flexibility index (Phi) is 8.01. The third kappa shape index (κ3) is 6.29. The van der Waals surface area contributed by atoms with Crippen molar-refractivity contribution in [3.63, 3.8) is 0 Å². The summed E-state index contributed by atoms with van der Waals surface area (Å²) in [4.78, 5) is 32.5. The third-order valence-corrected chi connectivity index (χ3v) is 5.65. The van der Waals surface area contributed by atoms with E-state index in [0.717, 1.165) is 18.8 Å². The molecule has 1 aromatic carbocycles. The number of anilines is 1. The van der Waals surface area contributed by atoms with Crippen LogP contribution in [0.15, 0.2) is 30.3 Å². The number of carbonyl (C=O) groups excluding carboxylic acids is 2. The van der Waals surface area contributed by atoms with Gasteiger partial charge in [-0.1, -0.05) is 6.07 Å². The van der Waals surface area contributed by atoms with Gasteiger partial charge in [0.05, 0.1) is 25.0 Å². The van der Waals surface area contributed by atoms with Crippen molar-refractivity contribution in [2.24, 2.45) is 7.05 Å². The average molecular weight is 497 g/mol. The maximum absolute atomic E-state index is 13.1. The molecule has 0 aliphatic carbocycles. The fraction of sp³-hybridized carbons (Fsp3) is 0.440. The normalized spacial score (nSPS) is 14.1. The Morgan fingerprint density at radius 1 is 1.19 bits per heavy atom. The van der Waals surface area contributed by atoms with E-state index in [9.17, 15) is 9.59 Å². The molecule has 11 heteroatoms. The first-order valence-corrected chi connectivity index (χ1v) is 12.0. The van der Waals surface area contributed by atoms with E-state index in [1.807, 2.05) is 20.8 Å². The highest BCUT2D eigenvalue weighted by atomic mass is 16.5. The van der Waals surface area contributed by atoms with Crippen molar-refractivity contribution in [3.05, 3.63) is 41.6 Å². The fourth-order valence-electron chi connectivity index (χ4n) is 3.95. The van der Waals surface area contributed by atoms with E-state index >= 15 is 0 Å². The van der Waals surface area contributed by atoms with Gasteiger partial charge in [-0.05, 0) is 39.0 Å². The topological polar surface area (TPSA) is 120 Å². The van der Waals surface area contributed by atoms with E-state index in [1.54, 1.807) is 42.1 Å². The number of aryl methyl sites for hydroxylation is 2. The molecule has 0 bridgehead atoms. The van der Waals surface area contributed by atoms with Crippen molar-refractivity contribution < 1.29 is 23.8 Å². The molecule has 3 heterocycles. The van der Waals surface area contributed by atoms with Crippen molar-refractivity contribution in [1.29, 1.82) is 0 Å². The minimum atomic E-state index is -0.677. The van der Waals surface area contributed by atoms with Crippen LogP contribution in [0, 0.1) is 6.92 Å². The lowest BCUT2D eigenvalue weighted by atomic mass is 10.2. The van der Waals surface area contributed by atoms with Crippen LogP contribution < -0.4 is 20.1 Å². The molecule has 36 heavy (non-hydrogen) atoms. The smallest absolute Gasteiger partial charge is 0.326 e. The summed E-state index contributed by atoms with van der Waals surface area (Å²) in [6.45, 7) is 9.71. The van der Waals surface area contributed by atoms with Gasteiger partial charge in [-0.3, -0.25) is 19.7 Å². The van der Waals surface area contributed by atoms with Gasteiger partial charge < -0.3 is 19.5 Å². The van der Waals surface area contributed by atoms with Crippen LogP contribution in [-0.2, 0) is 11.8 Å². The average Bonchev–Trinajstić information content (AvgIpc) is 3.11. The largest absolute Gasteiger partial charge is 0.491 e. The first-order valence-electron chi connectivity index (χ1n) is 12.0. The number of benzene rings is 1. The zero-order valence-corrected chi connectivity index (χ0v) is 21.0. The number of nitrogens with zero attached hydrogens (tertiary/aromatic N) is 4. The van der Waals surface area contributed by atoms with E-state index in [4.69, 9.17) is 14.2 Å². The molecule has 1 aliphatic heterocycles. The van der Waals surface area contributed by atoms with Crippen molar-refractivity contribution in [2.75, 3.05) is 44.8 Å². The maximum atomic E-state index is 13.1. The number of morpholine rings is 1. The summed E-state index contributed by atoms with van der Waals surface area (Å²) in [6.07, 6.45) is -0.00401. The molecule has 192 valence electrons. The van der Waals surface area contributed by atoms with Gasteiger partial charge in [0.15, 0.2) is 5.65 Å². The minimum Gasteiger partial charge on any atom is -0.491 e. The summed E-state index contributed by atoms with van der Waals surface area (Å²) in [6, 6.07) is 7.95. The number of hydrogen-bond donors (Lipinski definition) is 2. The van der Waals surface area contributed by atoms with E-state index in [1.165, 1.54) is 0 Å². The number of hydrogen-bond acceptors (Lipinski definition) is 8. The van der Waals surface area contributed by atoms with Gasteiger partial charge in [0.2, 0.25) is 5.88 Å². The summed E-state index contributed by atoms with van der Waals surface area (Å²) in [5.74, 6) is 0.143. The molecular formula is C25H32N6O5. The lowest BCUT2D eigenvalue weighted by Gasteiger charge is -2.26. The first-order chi connectivity index (χ1) is 17.3. The summed E-state index contributed by atoms with van der Waals surface area (Å²) >= 11 is 0. The zero-order valence-electron chi connectivity index (χ0n) is 21.0. The second kappa shape index (κ2) is 11.4. The van der Waals surface area contributed by atoms with Crippen LogP contribution in [0.4, 0.5) is 10.5 Å². The molecule has 0 saturated carbocycles. The molecule has 11 nitrogen and oxygen atoms in total. The highest BCUT2D eigenvalue weighted by Gasteiger charge is 2.21. The number of aromatic nitrogens is 3. The van der Waals surface area contributed by atoms with Crippen molar-refractivity contribution >= 4 is 28.7 Å². The summed E-state index contributed by atoms with van der Waals surface area (Å²) in [7, 11) is 1.78. The number of carbonyl (C=O) groups is 2. The summed E-state index contributed by atoms with van der Waals surface area (Å²) in [5.41, 5.74) is 1.97. The number of imide groups is 1. The Labute approximate surface area is 209 Å². The standard InChI is InChI=1S/C25H32N6O5/c1-16(2)36-19-7-5-6-18(14-19)26-25(33)28-23(32)21-15-20-17(3)29-30(4)22(20)27-24(21)35-13-10-31-8-11-34-12-9-31/h5-7,14-16H,8-13H2,1-4H3,(H2,26,28,32,33). The van der Waals surface area contributed by atoms with Crippen LogP contribution >= 0.6 is 0 Å². The van der Waals surface area contributed by atoms with Crippen LogP contribution in [0.25, 0.3) is 11.0 Å². The zero-order chi connectivity index (χ0) is 25.7. The summed E-state index contributed by atoms with van der Waals surface area (Å²) < 4.78 is 18.6. The molecule has 2 aromatic heterocycles. The molecule has 0 unspecified atom stereocenters. The SMILES string of the molecule is Cc1nn(C)c2nc(OCCN3CCOCC3)c(C(=O)NC(=O)Nc3cccc(OC(C)C)c3)cc12. The quantitative estimate of drug-likeness (QED) is 0.489. The second-order valence-corrected chi connectivity index (χ2v) is 8.83. The number of pyridine rings is 1. The molecule has 2 N–H and O–H groups in total. The van der Waals surface area contributed by atoms with Crippen LogP contribution in [-0.4, -0.2) is 77.2 Å². The van der Waals surface area contributed by atoms with Gasteiger partial charge >= 0.3 is 6.03 Å². The molecule has 0 spiro atoms. The van der Waals surface area contributed by atoms with Gasteiger partial charge in [-0.2, -0.15) is 10.1 Å². The molecule has 1 fully saturated rings. The van der Waals surface area contributed by atoms with Crippen molar-refractivity contribution in [1.82, 2.24) is 25.0 Å². The molecule has 1 saturated heterocycles. The minimum absolute atomic E-state index is 0.00401. The Balaban J connectivity index is 1.49. The Hall–Kier alpha value is -3.70. The maximum Gasteiger partial charge on any atom is 0.326 e. The monoisotopic (exact) mass is 496 g/mol. The number of urea groups is 1. The van der Waals surface area contributed by atoms with E-state index in [-0.39, 0.29) is 17.5 Å². The fourth-order valence-corrected chi connectivity index (χ4v) is 3.95. The first kappa shape index (κ1) is 25.4. The third-order valence-electron chi connectivity index (χ3n) is 5.65. The number of fused-ring (bicyclic) bond motifs is 1. The van der Waals surface area contributed by atoms with Crippen LogP contribution in [0.1, 0.15) is 29.9 Å². The van der Waals surface area contributed by atoms with Crippen LogP contribution in [0.5, 0.6) is 11.6 Å². The molecule has 3 aromatic rings. The number of amides is 3. The van der Waals surface area contributed by atoms with Crippen molar-refractivity contribution in [2.45, 2.75) is 26.9 Å². The van der Waals surface area contributed by atoms with Gasteiger partial charge in [0, 0.05) is 43.8 Å². The lowest BCUT2D eigenvalue weighted by molar-refractivity contribution is 0.0319. The van der Waals surface area contributed by atoms with Gasteiger partial charge in [0.25, 0.3) is 5.91 Å². The highest BCUT2D eigenvalue weighted by molar-refractivity contribution is 6.10. The van der Waals surface area contributed by atoms with E-state index < -0.39 is 11.9 Å². The van der Waals surface area contributed by atoms with Crippen LogP contribution in [0.2, 0.25) is 0 Å². The number of nitrogens with one attached hydrogen (secondary N) is 2. The Bertz CT molecular complexity index is 1240. The second-order valence-electron chi connectivity index (χ2n) is 8.83. The molecular weight excluding hydrogens is 464 g/mol. The highest BCUT2D eigenvalue weighted by Crippen LogP contribution is 2.25. The Morgan fingerprint density at radius 2 is 1.97 bits per heavy atom. The van der Waals surface area contributed by atoms with E-state index in [0.29, 0.717) is 48.8 Å².